The van der Waals surface area contributed by atoms with E-state index in [-0.39, 0.29) is 24.2 Å². The van der Waals surface area contributed by atoms with Gasteiger partial charge in [0.25, 0.3) is 0 Å². The fourth-order valence-electron chi connectivity index (χ4n) is 1.99. The zero-order valence-electron chi connectivity index (χ0n) is 12.2. The van der Waals surface area contributed by atoms with Crippen molar-refractivity contribution in [1.82, 2.24) is 5.32 Å². The summed E-state index contributed by atoms with van der Waals surface area (Å²) in [5, 5.41) is 2.73. The van der Waals surface area contributed by atoms with E-state index in [1.54, 1.807) is 0 Å². The Morgan fingerprint density at radius 2 is 1.74 bits per heavy atom. The molecule has 0 radical (unpaired) electrons. The molecule has 1 N–H and O–H groups in total. The maximum atomic E-state index is 12.0. The lowest BCUT2D eigenvalue weighted by Gasteiger charge is -2.12. The summed E-state index contributed by atoms with van der Waals surface area (Å²) >= 11 is 0. The van der Waals surface area contributed by atoms with Gasteiger partial charge in [-0.2, -0.15) is 0 Å². The maximum Gasteiger partial charge on any atom is 0.223 e. The molecule has 0 spiro atoms. The molecular formula is C16H23NO2. The van der Waals surface area contributed by atoms with Crippen molar-refractivity contribution >= 4 is 11.7 Å². The summed E-state index contributed by atoms with van der Waals surface area (Å²) in [4.78, 5) is 23.8. The van der Waals surface area contributed by atoms with Crippen LogP contribution in [0.2, 0.25) is 0 Å². The van der Waals surface area contributed by atoms with Crippen LogP contribution < -0.4 is 5.32 Å². The van der Waals surface area contributed by atoms with Crippen LogP contribution in [0.1, 0.15) is 48.2 Å². The van der Waals surface area contributed by atoms with Crippen LogP contribution in [-0.2, 0) is 4.79 Å². The van der Waals surface area contributed by atoms with Crippen LogP contribution in [0, 0.1) is 19.8 Å². The molecule has 104 valence electrons. The summed E-state index contributed by atoms with van der Waals surface area (Å²) in [7, 11) is 0. The Balaban J connectivity index is 2.60. The van der Waals surface area contributed by atoms with Gasteiger partial charge in [0.15, 0.2) is 5.78 Å². The average Bonchev–Trinajstić information content (AvgIpc) is 2.40. The standard InChI is InChI=1S/C16H23NO2/c1-5-13(6-2)16(19)17-10-15(18)14-8-7-11(3)12(4)9-14/h7-9,13H,5-6,10H2,1-4H3,(H,17,19). The molecular weight excluding hydrogens is 238 g/mol. The predicted molar refractivity (Wildman–Crippen MR) is 77.3 cm³/mol. The van der Waals surface area contributed by atoms with Gasteiger partial charge in [-0.05, 0) is 43.9 Å². The number of Topliss-reactive ketones (excluding diaryl/α,β-unsaturated/α-hetero) is 1. The minimum Gasteiger partial charge on any atom is -0.348 e. The summed E-state index contributed by atoms with van der Waals surface area (Å²) in [6.45, 7) is 8.04. The molecule has 19 heavy (non-hydrogen) atoms. The van der Waals surface area contributed by atoms with E-state index in [0.29, 0.717) is 5.56 Å². The molecule has 3 nitrogen and oxygen atoms in total. The highest BCUT2D eigenvalue weighted by molar-refractivity contribution is 5.99. The molecule has 0 bridgehead atoms. The number of carbonyl (C=O) groups is 2. The molecule has 0 saturated carbocycles. The molecule has 0 unspecified atom stereocenters. The number of nitrogens with one attached hydrogen (secondary N) is 1. The van der Waals surface area contributed by atoms with Crippen LogP contribution in [0.3, 0.4) is 0 Å². The molecule has 0 aliphatic carbocycles. The Kier molecular flexibility index (Phi) is 5.74. The molecule has 0 aliphatic rings. The van der Waals surface area contributed by atoms with Gasteiger partial charge in [-0.3, -0.25) is 9.59 Å². The summed E-state index contributed by atoms with van der Waals surface area (Å²) in [5.41, 5.74) is 2.92. The summed E-state index contributed by atoms with van der Waals surface area (Å²) in [6.07, 6.45) is 1.61. The number of hydrogen-bond acceptors (Lipinski definition) is 2. The van der Waals surface area contributed by atoms with Crippen LogP contribution in [0.15, 0.2) is 18.2 Å². The van der Waals surface area contributed by atoms with Gasteiger partial charge in [0.1, 0.15) is 0 Å². The Morgan fingerprint density at radius 3 is 2.26 bits per heavy atom. The highest BCUT2D eigenvalue weighted by Crippen LogP contribution is 2.11. The van der Waals surface area contributed by atoms with E-state index < -0.39 is 0 Å². The first-order chi connectivity index (χ1) is 8.99. The third-order valence-corrected chi connectivity index (χ3v) is 3.61. The number of hydrogen-bond donors (Lipinski definition) is 1. The fraction of sp³-hybridized carbons (Fsp3) is 0.500. The molecule has 0 atom stereocenters. The smallest absolute Gasteiger partial charge is 0.223 e. The van der Waals surface area contributed by atoms with Gasteiger partial charge in [-0.25, -0.2) is 0 Å². The molecule has 0 aliphatic heterocycles. The average molecular weight is 261 g/mol. The molecule has 1 aromatic carbocycles. The Morgan fingerprint density at radius 1 is 1.11 bits per heavy atom. The molecule has 1 amide bonds. The molecule has 1 aromatic rings. The van der Waals surface area contributed by atoms with Gasteiger partial charge in [0.2, 0.25) is 5.91 Å². The van der Waals surface area contributed by atoms with Crippen molar-refractivity contribution in [3.63, 3.8) is 0 Å². The lowest BCUT2D eigenvalue weighted by molar-refractivity contribution is -0.125. The van der Waals surface area contributed by atoms with Crippen molar-refractivity contribution in [2.45, 2.75) is 40.5 Å². The molecule has 3 heteroatoms. The fourth-order valence-corrected chi connectivity index (χ4v) is 1.99. The second-order valence-corrected chi connectivity index (χ2v) is 4.95. The van der Waals surface area contributed by atoms with E-state index in [9.17, 15) is 9.59 Å². The first-order valence-corrected chi connectivity index (χ1v) is 6.87. The van der Waals surface area contributed by atoms with E-state index >= 15 is 0 Å². The van der Waals surface area contributed by atoms with Crippen LogP contribution in [-0.4, -0.2) is 18.2 Å². The Hall–Kier alpha value is -1.64. The second kappa shape index (κ2) is 7.07. The Bertz CT molecular complexity index is 462. The van der Waals surface area contributed by atoms with Crippen molar-refractivity contribution < 1.29 is 9.59 Å². The van der Waals surface area contributed by atoms with Crippen molar-refractivity contribution in [3.05, 3.63) is 34.9 Å². The van der Waals surface area contributed by atoms with E-state index in [1.807, 2.05) is 45.9 Å². The van der Waals surface area contributed by atoms with Crippen LogP contribution in [0.4, 0.5) is 0 Å². The zero-order valence-corrected chi connectivity index (χ0v) is 12.2. The number of aryl methyl sites for hydroxylation is 2. The van der Waals surface area contributed by atoms with Gasteiger partial charge in [-0.15, -0.1) is 0 Å². The molecule has 0 heterocycles. The minimum absolute atomic E-state index is 0.00699. The van der Waals surface area contributed by atoms with E-state index in [1.165, 1.54) is 0 Å². The first kappa shape index (κ1) is 15.4. The lowest BCUT2D eigenvalue weighted by Crippen LogP contribution is -2.34. The maximum absolute atomic E-state index is 12.0. The summed E-state index contributed by atoms with van der Waals surface area (Å²) in [6, 6.07) is 5.63. The van der Waals surface area contributed by atoms with Crippen molar-refractivity contribution in [2.24, 2.45) is 5.92 Å². The van der Waals surface area contributed by atoms with Gasteiger partial charge < -0.3 is 5.32 Å². The van der Waals surface area contributed by atoms with E-state index in [4.69, 9.17) is 0 Å². The zero-order chi connectivity index (χ0) is 14.4. The number of amides is 1. The first-order valence-electron chi connectivity index (χ1n) is 6.87. The normalized spacial score (nSPS) is 10.6. The molecule has 0 fully saturated rings. The lowest BCUT2D eigenvalue weighted by atomic mass is 10.0. The third-order valence-electron chi connectivity index (χ3n) is 3.61. The van der Waals surface area contributed by atoms with E-state index in [2.05, 4.69) is 5.32 Å². The highest BCUT2D eigenvalue weighted by Gasteiger charge is 2.15. The number of rotatable bonds is 6. The number of carbonyl (C=O) groups excluding carboxylic acids is 2. The van der Waals surface area contributed by atoms with Crippen LogP contribution >= 0.6 is 0 Å². The SMILES string of the molecule is CCC(CC)C(=O)NCC(=O)c1ccc(C)c(C)c1. The largest absolute Gasteiger partial charge is 0.348 e. The minimum atomic E-state index is -0.0394. The van der Waals surface area contributed by atoms with Gasteiger partial charge in [0.05, 0.1) is 6.54 Å². The second-order valence-electron chi connectivity index (χ2n) is 4.95. The van der Waals surface area contributed by atoms with Gasteiger partial charge in [0, 0.05) is 11.5 Å². The predicted octanol–water partition coefficient (Wildman–Crippen LogP) is 3.04. The van der Waals surface area contributed by atoms with Gasteiger partial charge in [-0.1, -0.05) is 26.0 Å². The van der Waals surface area contributed by atoms with Gasteiger partial charge >= 0.3 is 0 Å². The molecule has 0 aromatic heterocycles. The van der Waals surface area contributed by atoms with Crippen molar-refractivity contribution in [3.8, 4) is 0 Å². The summed E-state index contributed by atoms with van der Waals surface area (Å²) < 4.78 is 0. The van der Waals surface area contributed by atoms with Crippen LogP contribution in [0.25, 0.3) is 0 Å². The number of ketones is 1. The van der Waals surface area contributed by atoms with Crippen LogP contribution in [0.5, 0.6) is 0 Å². The van der Waals surface area contributed by atoms with E-state index in [0.717, 1.165) is 24.0 Å². The van der Waals surface area contributed by atoms with Crippen molar-refractivity contribution in [2.75, 3.05) is 6.54 Å². The third kappa shape index (κ3) is 4.19. The number of benzene rings is 1. The highest BCUT2D eigenvalue weighted by atomic mass is 16.2. The molecule has 1 rings (SSSR count). The monoisotopic (exact) mass is 261 g/mol. The summed E-state index contributed by atoms with van der Waals surface area (Å²) in [5.74, 6) is -0.0582. The van der Waals surface area contributed by atoms with Crippen molar-refractivity contribution in [1.29, 1.82) is 0 Å². The molecule has 0 saturated heterocycles. The quantitative estimate of drug-likeness (QED) is 0.800. The topological polar surface area (TPSA) is 46.2 Å². The Labute approximate surface area is 115 Å².